The first-order chi connectivity index (χ1) is 15.8. The van der Waals surface area contributed by atoms with Crippen molar-refractivity contribution in [2.45, 2.75) is 68.7 Å². The lowest BCUT2D eigenvalue weighted by Gasteiger charge is -2.44. The zero-order chi connectivity index (χ0) is 25.6. The minimum Gasteiger partial charge on any atom is -0.463 e. The fourth-order valence-corrected chi connectivity index (χ4v) is 4.26. The van der Waals surface area contributed by atoms with Gasteiger partial charge >= 0.3 is 24.1 Å². The van der Waals surface area contributed by atoms with E-state index in [2.05, 4.69) is 10.3 Å². The van der Waals surface area contributed by atoms with Gasteiger partial charge in [-0.2, -0.15) is 13.2 Å². The van der Waals surface area contributed by atoms with Crippen LogP contribution in [0.5, 0.6) is 0 Å². The highest BCUT2D eigenvalue weighted by Crippen LogP contribution is 2.36. The average molecular weight is 508 g/mol. The van der Waals surface area contributed by atoms with Crippen LogP contribution in [0.25, 0.3) is 0 Å². The number of hydrogen-bond acceptors (Lipinski definition) is 10. The van der Waals surface area contributed by atoms with Crippen molar-refractivity contribution in [2.75, 3.05) is 6.61 Å². The van der Waals surface area contributed by atoms with Crippen LogP contribution in [-0.4, -0.2) is 65.2 Å². The number of thioether (sulfide) groups is 1. The van der Waals surface area contributed by atoms with Gasteiger partial charge in [-0.3, -0.25) is 19.2 Å². The van der Waals surface area contributed by atoms with Crippen molar-refractivity contribution in [3.05, 3.63) is 23.9 Å². The Morgan fingerprint density at radius 1 is 1.03 bits per heavy atom. The number of carbonyl (C=O) groups is 4. The van der Waals surface area contributed by atoms with E-state index in [0.29, 0.717) is 11.8 Å². The first-order valence-corrected chi connectivity index (χ1v) is 10.8. The largest absolute Gasteiger partial charge is 0.463 e. The summed E-state index contributed by atoms with van der Waals surface area (Å²) in [6.45, 7) is 4.05. The Hall–Kier alpha value is -2.87. The van der Waals surface area contributed by atoms with Crippen LogP contribution < -0.4 is 5.32 Å². The standard InChI is InChI=1S/C20H23F3N2O8S/c1-9(26)24-16-18(32-12(4)29)17(31-11(3)28)13(8-30-10(2)27)33-19(16)34-15-7-5-6-14(25-15)20(21,22)23/h5-7,13,16-19H,8H2,1-4H3,(H,24,26)/t13-,16-,17-,18-,19+/m1/s1. The highest BCUT2D eigenvalue weighted by Gasteiger charge is 2.51. The molecule has 0 bridgehead atoms. The van der Waals surface area contributed by atoms with E-state index in [0.717, 1.165) is 32.9 Å². The van der Waals surface area contributed by atoms with Gasteiger partial charge in [0.25, 0.3) is 0 Å². The Bertz CT molecular complexity index is 929. The van der Waals surface area contributed by atoms with Crippen molar-refractivity contribution >= 4 is 35.6 Å². The van der Waals surface area contributed by atoms with Crippen LogP contribution in [0.3, 0.4) is 0 Å². The Morgan fingerprint density at radius 2 is 1.65 bits per heavy atom. The van der Waals surface area contributed by atoms with Crippen LogP contribution in [0, 0.1) is 0 Å². The number of nitrogens with one attached hydrogen (secondary N) is 1. The number of carbonyl (C=O) groups excluding carboxylic acids is 4. The van der Waals surface area contributed by atoms with E-state index in [-0.39, 0.29) is 5.03 Å². The first kappa shape index (κ1) is 27.4. The molecular formula is C20H23F3N2O8S. The lowest BCUT2D eigenvalue weighted by atomic mass is 9.97. The summed E-state index contributed by atoms with van der Waals surface area (Å²) in [4.78, 5) is 50.4. The first-order valence-electron chi connectivity index (χ1n) is 9.89. The lowest BCUT2D eigenvalue weighted by Crippen LogP contribution is -2.65. The van der Waals surface area contributed by atoms with Crippen molar-refractivity contribution in [3.8, 4) is 0 Å². The molecule has 0 saturated carbocycles. The second-order valence-corrected chi connectivity index (χ2v) is 8.32. The molecule has 10 nitrogen and oxygen atoms in total. The quantitative estimate of drug-likeness (QED) is 0.430. The number of rotatable bonds is 7. The SMILES string of the molecule is CC(=O)N[C@@H]1[C@@H](OC(C)=O)[C@H](OC(C)=O)[C@@H](COC(C)=O)O[C@H]1Sc1cccc(C(F)(F)F)n1. The number of hydrogen-bond donors (Lipinski definition) is 1. The molecule has 14 heteroatoms. The number of alkyl halides is 3. The minimum atomic E-state index is -4.69. The molecule has 1 N–H and O–H groups in total. The van der Waals surface area contributed by atoms with Crippen LogP contribution in [-0.2, 0) is 44.3 Å². The zero-order valence-electron chi connectivity index (χ0n) is 18.6. The van der Waals surface area contributed by atoms with Gasteiger partial charge in [0, 0.05) is 27.7 Å². The Kier molecular flexibility index (Phi) is 9.27. The van der Waals surface area contributed by atoms with E-state index in [4.69, 9.17) is 18.9 Å². The maximum atomic E-state index is 13.1. The summed E-state index contributed by atoms with van der Waals surface area (Å²) in [6.07, 6.45) is -8.49. The van der Waals surface area contributed by atoms with Crippen molar-refractivity contribution in [2.24, 2.45) is 0 Å². The van der Waals surface area contributed by atoms with Crippen molar-refractivity contribution < 1.29 is 51.3 Å². The third-order valence-electron chi connectivity index (χ3n) is 4.32. The molecule has 1 aromatic rings. The molecule has 0 aromatic carbocycles. The lowest BCUT2D eigenvalue weighted by molar-refractivity contribution is -0.211. The number of ether oxygens (including phenoxy) is 4. The molecule has 1 fully saturated rings. The molecule has 2 heterocycles. The van der Waals surface area contributed by atoms with Gasteiger partial charge in [-0.25, -0.2) is 4.98 Å². The van der Waals surface area contributed by atoms with Crippen molar-refractivity contribution in [1.29, 1.82) is 0 Å². The van der Waals surface area contributed by atoms with E-state index >= 15 is 0 Å². The number of esters is 3. The summed E-state index contributed by atoms with van der Waals surface area (Å²) in [5.41, 5.74) is -2.31. The predicted molar refractivity (Wildman–Crippen MR) is 109 cm³/mol. The van der Waals surface area contributed by atoms with Crippen LogP contribution in [0.4, 0.5) is 13.2 Å². The third kappa shape index (κ3) is 7.87. The van der Waals surface area contributed by atoms with Gasteiger partial charge in [0.15, 0.2) is 12.2 Å². The summed E-state index contributed by atoms with van der Waals surface area (Å²) in [7, 11) is 0. The fraction of sp³-hybridized carbons (Fsp3) is 0.550. The molecule has 5 atom stereocenters. The van der Waals surface area contributed by atoms with Gasteiger partial charge in [0.1, 0.15) is 29.9 Å². The van der Waals surface area contributed by atoms with E-state index in [1.54, 1.807) is 0 Å². The van der Waals surface area contributed by atoms with Gasteiger partial charge in [-0.05, 0) is 12.1 Å². The second-order valence-electron chi connectivity index (χ2n) is 7.20. The van der Waals surface area contributed by atoms with Gasteiger partial charge in [0.05, 0.1) is 5.03 Å². The molecule has 1 aliphatic heterocycles. The van der Waals surface area contributed by atoms with Gasteiger partial charge in [-0.15, -0.1) is 0 Å². The summed E-state index contributed by atoms with van der Waals surface area (Å²) in [6, 6.07) is 2.07. The molecule has 0 aliphatic carbocycles. The molecule has 0 unspecified atom stereocenters. The number of aromatic nitrogens is 1. The van der Waals surface area contributed by atoms with E-state index in [1.807, 2.05) is 0 Å². The molecule has 0 spiro atoms. The highest BCUT2D eigenvalue weighted by atomic mass is 32.2. The maximum Gasteiger partial charge on any atom is 0.433 e. The molecule has 1 aliphatic rings. The third-order valence-corrected chi connectivity index (χ3v) is 5.43. The summed E-state index contributed by atoms with van der Waals surface area (Å²) in [5.74, 6) is -2.81. The van der Waals surface area contributed by atoms with Crippen LogP contribution in [0.1, 0.15) is 33.4 Å². The van der Waals surface area contributed by atoms with E-state index in [9.17, 15) is 32.3 Å². The maximum absolute atomic E-state index is 13.1. The number of amides is 1. The van der Waals surface area contributed by atoms with Crippen LogP contribution in [0.15, 0.2) is 23.2 Å². The zero-order valence-corrected chi connectivity index (χ0v) is 19.4. The fourth-order valence-electron chi connectivity index (χ4n) is 3.15. The van der Waals surface area contributed by atoms with Gasteiger partial charge in [0.2, 0.25) is 5.91 Å². The molecule has 0 radical (unpaired) electrons. The normalized spacial score (nSPS) is 24.6. The second kappa shape index (κ2) is 11.5. The topological polar surface area (TPSA) is 130 Å². The Morgan fingerprint density at radius 3 is 2.18 bits per heavy atom. The average Bonchev–Trinajstić information content (AvgIpc) is 2.69. The van der Waals surface area contributed by atoms with E-state index in [1.165, 1.54) is 13.0 Å². The molecule has 1 aromatic heterocycles. The summed E-state index contributed by atoms with van der Waals surface area (Å²) < 4.78 is 60.7. The summed E-state index contributed by atoms with van der Waals surface area (Å²) >= 11 is 0.714. The Labute approximate surface area is 196 Å². The summed E-state index contributed by atoms with van der Waals surface area (Å²) in [5, 5.41) is 2.43. The van der Waals surface area contributed by atoms with Gasteiger partial charge in [-0.1, -0.05) is 17.8 Å². The van der Waals surface area contributed by atoms with Crippen molar-refractivity contribution in [3.63, 3.8) is 0 Å². The molecule has 2 rings (SSSR count). The monoisotopic (exact) mass is 508 g/mol. The molecular weight excluding hydrogens is 485 g/mol. The van der Waals surface area contributed by atoms with Crippen LogP contribution >= 0.6 is 11.8 Å². The highest BCUT2D eigenvalue weighted by molar-refractivity contribution is 7.99. The molecule has 1 saturated heterocycles. The molecule has 34 heavy (non-hydrogen) atoms. The molecule has 1 amide bonds. The number of pyridine rings is 1. The van der Waals surface area contributed by atoms with E-state index < -0.39 is 72.1 Å². The minimum absolute atomic E-state index is 0.103. The Balaban J connectivity index is 2.48. The van der Waals surface area contributed by atoms with Crippen molar-refractivity contribution in [1.82, 2.24) is 10.3 Å². The number of halogens is 3. The smallest absolute Gasteiger partial charge is 0.433 e. The number of nitrogens with zero attached hydrogens (tertiary/aromatic N) is 1. The van der Waals surface area contributed by atoms with Gasteiger partial charge < -0.3 is 24.3 Å². The molecule has 188 valence electrons. The van der Waals surface area contributed by atoms with Crippen LogP contribution in [0.2, 0.25) is 0 Å². The predicted octanol–water partition coefficient (Wildman–Crippen LogP) is 1.85.